The van der Waals surface area contributed by atoms with Crippen LogP contribution in [0.3, 0.4) is 0 Å². The second-order valence-corrected chi connectivity index (χ2v) is 5.13. The first-order valence-corrected chi connectivity index (χ1v) is 6.89. The highest BCUT2D eigenvalue weighted by Gasteiger charge is 2.18. The van der Waals surface area contributed by atoms with Gasteiger partial charge in [0.15, 0.2) is 0 Å². The lowest BCUT2D eigenvalue weighted by Crippen LogP contribution is -2.19. The number of ether oxygens (including phenoxy) is 1. The highest BCUT2D eigenvalue weighted by molar-refractivity contribution is 9.10. The molecule has 0 radical (unpaired) electrons. The molecule has 1 unspecified atom stereocenters. The maximum atomic E-state index is 5.74. The Morgan fingerprint density at radius 2 is 2.28 bits per heavy atom. The van der Waals surface area contributed by atoms with E-state index in [0.29, 0.717) is 6.54 Å². The molecule has 0 bridgehead atoms. The molecular formula is C13H18BrN3O. The molecule has 1 atom stereocenters. The molecule has 0 spiro atoms. The molecule has 2 N–H and O–H groups in total. The van der Waals surface area contributed by atoms with Crippen LogP contribution in [0.5, 0.6) is 0 Å². The van der Waals surface area contributed by atoms with Crippen LogP contribution in [-0.4, -0.2) is 23.2 Å². The fourth-order valence-electron chi connectivity index (χ4n) is 2.13. The maximum absolute atomic E-state index is 5.74. The van der Waals surface area contributed by atoms with E-state index in [2.05, 4.69) is 38.5 Å². The fourth-order valence-corrected chi connectivity index (χ4v) is 2.48. The summed E-state index contributed by atoms with van der Waals surface area (Å²) in [6.45, 7) is 3.51. The Morgan fingerprint density at radius 1 is 1.50 bits per heavy atom. The lowest BCUT2D eigenvalue weighted by Gasteiger charge is -2.14. The Balaban J connectivity index is 2.59. The Bertz CT molecular complexity index is 534. The van der Waals surface area contributed by atoms with Crippen LogP contribution in [0.4, 0.5) is 0 Å². The third kappa shape index (κ3) is 2.43. The number of aromatic nitrogens is 2. The summed E-state index contributed by atoms with van der Waals surface area (Å²) in [5.74, 6) is 0.912. The van der Waals surface area contributed by atoms with E-state index in [1.54, 1.807) is 7.11 Å². The van der Waals surface area contributed by atoms with Crippen molar-refractivity contribution in [3.8, 4) is 0 Å². The number of rotatable bonds is 5. The van der Waals surface area contributed by atoms with Crippen molar-refractivity contribution in [1.82, 2.24) is 9.55 Å². The van der Waals surface area contributed by atoms with E-state index < -0.39 is 0 Å². The monoisotopic (exact) mass is 311 g/mol. The van der Waals surface area contributed by atoms with Gasteiger partial charge in [-0.2, -0.15) is 0 Å². The summed E-state index contributed by atoms with van der Waals surface area (Å²) < 4.78 is 8.64. The van der Waals surface area contributed by atoms with Crippen molar-refractivity contribution in [2.24, 2.45) is 5.73 Å². The Labute approximate surface area is 115 Å². The van der Waals surface area contributed by atoms with E-state index in [1.807, 2.05) is 12.1 Å². The summed E-state index contributed by atoms with van der Waals surface area (Å²) in [4.78, 5) is 4.66. The molecule has 1 heterocycles. The molecule has 0 aliphatic carbocycles. The average molecular weight is 312 g/mol. The molecule has 0 aliphatic rings. The summed E-state index contributed by atoms with van der Waals surface area (Å²) in [5.41, 5.74) is 7.85. The lowest BCUT2D eigenvalue weighted by molar-refractivity contribution is 0.100. The first kappa shape index (κ1) is 13.5. The first-order chi connectivity index (χ1) is 8.71. The summed E-state index contributed by atoms with van der Waals surface area (Å²) in [5, 5.41) is 0. The van der Waals surface area contributed by atoms with Gasteiger partial charge in [0.1, 0.15) is 11.9 Å². The van der Waals surface area contributed by atoms with E-state index in [9.17, 15) is 0 Å². The molecule has 0 fully saturated rings. The van der Waals surface area contributed by atoms with Gasteiger partial charge in [0, 0.05) is 24.7 Å². The van der Waals surface area contributed by atoms with Crippen molar-refractivity contribution in [2.45, 2.75) is 26.0 Å². The van der Waals surface area contributed by atoms with Gasteiger partial charge in [0.25, 0.3) is 0 Å². The number of aryl methyl sites for hydroxylation is 1. The highest BCUT2D eigenvalue weighted by Crippen LogP contribution is 2.25. The molecule has 0 amide bonds. The van der Waals surface area contributed by atoms with Crippen molar-refractivity contribution in [3.63, 3.8) is 0 Å². The van der Waals surface area contributed by atoms with E-state index >= 15 is 0 Å². The van der Waals surface area contributed by atoms with E-state index in [4.69, 9.17) is 10.5 Å². The second-order valence-electron chi connectivity index (χ2n) is 4.21. The van der Waals surface area contributed by atoms with Gasteiger partial charge in [-0.3, -0.25) is 0 Å². The number of halogens is 1. The molecule has 2 rings (SSSR count). The minimum Gasteiger partial charge on any atom is -0.372 e. The Hall–Kier alpha value is -0.910. The van der Waals surface area contributed by atoms with Crippen molar-refractivity contribution in [1.29, 1.82) is 0 Å². The number of nitrogens with two attached hydrogens (primary N) is 1. The number of hydrogen-bond acceptors (Lipinski definition) is 3. The normalized spacial score (nSPS) is 13.1. The third-order valence-corrected chi connectivity index (χ3v) is 3.47. The molecule has 1 aromatic heterocycles. The molecule has 98 valence electrons. The van der Waals surface area contributed by atoms with Gasteiger partial charge in [0.05, 0.1) is 11.0 Å². The molecular weight excluding hydrogens is 294 g/mol. The molecule has 18 heavy (non-hydrogen) atoms. The van der Waals surface area contributed by atoms with Crippen molar-refractivity contribution >= 4 is 27.0 Å². The number of benzene rings is 1. The number of fused-ring (bicyclic) bond motifs is 1. The number of methoxy groups -OCH3 is 1. The lowest BCUT2D eigenvalue weighted by atomic mass is 10.3. The quantitative estimate of drug-likeness (QED) is 0.923. The summed E-state index contributed by atoms with van der Waals surface area (Å²) in [6, 6.07) is 6.13. The minimum atomic E-state index is -0.150. The van der Waals surface area contributed by atoms with Crippen molar-refractivity contribution in [3.05, 3.63) is 28.5 Å². The van der Waals surface area contributed by atoms with Gasteiger partial charge in [0.2, 0.25) is 0 Å². The average Bonchev–Trinajstić information content (AvgIpc) is 2.70. The van der Waals surface area contributed by atoms with Crippen LogP contribution in [0.25, 0.3) is 11.0 Å². The van der Waals surface area contributed by atoms with Gasteiger partial charge >= 0.3 is 0 Å². The zero-order chi connectivity index (χ0) is 13.1. The maximum Gasteiger partial charge on any atom is 0.140 e. The second kappa shape index (κ2) is 5.82. The van der Waals surface area contributed by atoms with Crippen LogP contribution >= 0.6 is 15.9 Å². The van der Waals surface area contributed by atoms with Crippen LogP contribution in [0.1, 0.15) is 25.3 Å². The topological polar surface area (TPSA) is 53.1 Å². The Morgan fingerprint density at radius 3 is 2.89 bits per heavy atom. The summed E-state index contributed by atoms with van der Waals surface area (Å²) >= 11 is 3.47. The molecule has 0 saturated heterocycles. The molecule has 1 aromatic carbocycles. The minimum absolute atomic E-state index is 0.150. The zero-order valence-electron chi connectivity index (χ0n) is 10.7. The Kier molecular flexibility index (Phi) is 4.37. The number of nitrogens with zero attached hydrogens (tertiary/aromatic N) is 2. The zero-order valence-corrected chi connectivity index (χ0v) is 12.3. The van der Waals surface area contributed by atoms with E-state index in [1.165, 1.54) is 0 Å². The van der Waals surface area contributed by atoms with Crippen LogP contribution in [-0.2, 0) is 11.3 Å². The molecule has 4 nitrogen and oxygen atoms in total. The predicted octanol–water partition coefficient (Wildman–Crippen LogP) is 2.86. The van der Waals surface area contributed by atoms with E-state index in [0.717, 1.165) is 34.3 Å². The van der Waals surface area contributed by atoms with Crippen LogP contribution in [0.2, 0.25) is 0 Å². The smallest absolute Gasteiger partial charge is 0.140 e. The van der Waals surface area contributed by atoms with Crippen LogP contribution < -0.4 is 5.73 Å². The standard InChI is InChI=1S/C13H18BrN3O/c1-3-6-17-11-5-4-9(14)7-10(11)16-13(17)12(8-15)18-2/h4-5,7,12H,3,6,8,15H2,1-2H3. The van der Waals surface area contributed by atoms with Crippen molar-refractivity contribution < 1.29 is 4.74 Å². The van der Waals surface area contributed by atoms with Gasteiger partial charge < -0.3 is 15.0 Å². The van der Waals surface area contributed by atoms with E-state index in [-0.39, 0.29) is 6.10 Å². The number of hydrogen-bond donors (Lipinski definition) is 1. The SMILES string of the molecule is CCCn1c(C(CN)OC)nc2cc(Br)ccc21. The summed E-state index contributed by atoms with van der Waals surface area (Å²) in [7, 11) is 1.67. The predicted molar refractivity (Wildman–Crippen MR) is 76.5 cm³/mol. The first-order valence-electron chi connectivity index (χ1n) is 6.09. The van der Waals surface area contributed by atoms with Gasteiger partial charge in [-0.1, -0.05) is 22.9 Å². The number of imidazole rings is 1. The van der Waals surface area contributed by atoms with Gasteiger partial charge in [-0.15, -0.1) is 0 Å². The van der Waals surface area contributed by atoms with Gasteiger partial charge in [-0.05, 0) is 24.6 Å². The molecule has 0 aliphatic heterocycles. The molecule has 0 saturated carbocycles. The molecule has 2 aromatic rings. The molecule has 5 heteroatoms. The third-order valence-electron chi connectivity index (χ3n) is 2.97. The fraction of sp³-hybridized carbons (Fsp3) is 0.462. The van der Waals surface area contributed by atoms with Crippen molar-refractivity contribution in [2.75, 3.05) is 13.7 Å². The van der Waals surface area contributed by atoms with Crippen LogP contribution in [0.15, 0.2) is 22.7 Å². The van der Waals surface area contributed by atoms with Crippen LogP contribution in [0, 0.1) is 0 Å². The summed E-state index contributed by atoms with van der Waals surface area (Å²) in [6.07, 6.45) is 0.901. The highest BCUT2D eigenvalue weighted by atomic mass is 79.9. The van der Waals surface area contributed by atoms with Gasteiger partial charge in [-0.25, -0.2) is 4.98 Å². The largest absolute Gasteiger partial charge is 0.372 e.